The van der Waals surface area contributed by atoms with Gasteiger partial charge >= 0.3 is 0 Å². The first-order chi connectivity index (χ1) is 11.6. The van der Waals surface area contributed by atoms with Crippen LogP contribution in [0.2, 0.25) is 0 Å². The van der Waals surface area contributed by atoms with Gasteiger partial charge in [-0.15, -0.1) is 0 Å². The molecular weight excluding hydrogens is 324 g/mol. The summed E-state index contributed by atoms with van der Waals surface area (Å²) in [4.78, 5) is 17.6. The molecule has 7 heteroatoms. The van der Waals surface area contributed by atoms with E-state index in [0.29, 0.717) is 32.0 Å². The molecule has 4 bridgehead atoms. The molecule has 4 saturated heterocycles. The van der Waals surface area contributed by atoms with Gasteiger partial charge in [-0.3, -0.25) is 14.6 Å². The van der Waals surface area contributed by atoms with Crippen LogP contribution in [0, 0.1) is 22.7 Å². The third-order valence-corrected chi connectivity index (χ3v) is 7.04. The fraction of sp³-hybridized carbons (Fsp3) is 0.944. The summed E-state index contributed by atoms with van der Waals surface area (Å²) >= 11 is 0. The van der Waals surface area contributed by atoms with E-state index >= 15 is 0 Å². The van der Waals surface area contributed by atoms with Crippen molar-refractivity contribution in [2.75, 3.05) is 32.8 Å². The summed E-state index contributed by atoms with van der Waals surface area (Å²) in [5.41, 5.74) is -0.894. The SMILES string of the molecule is CC(C)C12CN3CC(C(C)C)(CN(C1)C3C(O)C(O)C(O)CO)C2=O. The Morgan fingerprint density at radius 1 is 0.960 bits per heavy atom. The van der Waals surface area contributed by atoms with Crippen LogP contribution in [0.15, 0.2) is 0 Å². The number of hydrogen-bond acceptors (Lipinski definition) is 7. The van der Waals surface area contributed by atoms with E-state index in [4.69, 9.17) is 5.11 Å². The lowest BCUT2D eigenvalue weighted by Crippen LogP contribution is -2.83. The number of piperidine rings is 2. The lowest BCUT2D eigenvalue weighted by molar-refractivity contribution is -0.242. The molecule has 0 aromatic rings. The summed E-state index contributed by atoms with van der Waals surface area (Å²) in [6.07, 6.45) is -4.45. The number of rotatable bonds is 6. The molecule has 0 amide bonds. The highest BCUT2D eigenvalue weighted by Gasteiger charge is 2.68. The Balaban J connectivity index is 1.95. The van der Waals surface area contributed by atoms with Crippen LogP contribution in [-0.4, -0.2) is 93.3 Å². The Kier molecular flexibility index (Phi) is 4.80. The van der Waals surface area contributed by atoms with Crippen LogP contribution in [-0.2, 0) is 4.79 Å². The molecule has 4 rings (SSSR count). The first-order valence-corrected chi connectivity index (χ1v) is 9.29. The molecule has 0 aromatic carbocycles. The number of carbonyl (C=O) groups excluding carboxylic acids is 1. The molecule has 0 saturated carbocycles. The van der Waals surface area contributed by atoms with Crippen LogP contribution in [0.4, 0.5) is 0 Å². The third-order valence-electron chi connectivity index (χ3n) is 7.04. The first kappa shape index (κ1) is 19.2. The first-order valence-electron chi connectivity index (χ1n) is 9.29. The van der Waals surface area contributed by atoms with Crippen molar-refractivity contribution >= 4 is 5.78 Å². The molecule has 7 nitrogen and oxygen atoms in total. The van der Waals surface area contributed by atoms with Gasteiger partial charge in [0.05, 0.1) is 23.6 Å². The highest BCUT2D eigenvalue weighted by molar-refractivity contribution is 5.94. The molecule has 0 aromatic heterocycles. The number of Topliss-reactive ketones (excluding diaryl/α,β-unsaturated/α-hetero) is 1. The molecule has 4 N–H and O–H groups in total. The van der Waals surface area contributed by atoms with Crippen molar-refractivity contribution in [3.05, 3.63) is 0 Å². The van der Waals surface area contributed by atoms with Crippen LogP contribution >= 0.6 is 0 Å². The van der Waals surface area contributed by atoms with Crippen LogP contribution in [0.25, 0.3) is 0 Å². The van der Waals surface area contributed by atoms with E-state index in [1.165, 1.54) is 0 Å². The summed E-state index contributed by atoms with van der Waals surface area (Å²) in [5.74, 6) is 0.728. The molecule has 4 aliphatic heterocycles. The summed E-state index contributed by atoms with van der Waals surface area (Å²) in [7, 11) is 0. The molecule has 3 atom stereocenters. The summed E-state index contributed by atoms with van der Waals surface area (Å²) in [5, 5.41) is 39.7. The van der Waals surface area contributed by atoms with Crippen LogP contribution in [0.5, 0.6) is 0 Å². The summed E-state index contributed by atoms with van der Waals surface area (Å²) < 4.78 is 0. The smallest absolute Gasteiger partial charge is 0.150 e. The van der Waals surface area contributed by atoms with Crippen LogP contribution in [0.3, 0.4) is 0 Å². The quantitative estimate of drug-likeness (QED) is 0.478. The van der Waals surface area contributed by atoms with Crippen LogP contribution < -0.4 is 0 Å². The van der Waals surface area contributed by atoms with Gasteiger partial charge in [-0.1, -0.05) is 27.7 Å². The lowest BCUT2D eigenvalue weighted by atomic mass is 9.53. The van der Waals surface area contributed by atoms with Gasteiger partial charge in [0.15, 0.2) is 5.78 Å². The van der Waals surface area contributed by atoms with Gasteiger partial charge < -0.3 is 20.4 Å². The predicted molar refractivity (Wildman–Crippen MR) is 91.6 cm³/mol. The fourth-order valence-electron chi connectivity index (χ4n) is 5.25. The van der Waals surface area contributed by atoms with Gasteiger partial charge in [-0.2, -0.15) is 0 Å². The number of aliphatic hydroxyl groups excluding tert-OH is 4. The van der Waals surface area contributed by atoms with E-state index in [2.05, 4.69) is 37.5 Å². The molecule has 3 unspecified atom stereocenters. The maximum absolute atomic E-state index is 13.4. The number of ketones is 1. The fourth-order valence-corrected chi connectivity index (χ4v) is 5.25. The monoisotopic (exact) mass is 356 g/mol. The second-order valence-corrected chi connectivity index (χ2v) is 8.91. The van der Waals surface area contributed by atoms with Gasteiger partial charge in [-0.25, -0.2) is 0 Å². The molecule has 144 valence electrons. The van der Waals surface area contributed by atoms with Crippen LogP contribution in [0.1, 0.15) is 27.7 Å². The minimum absolute atomic E-state index is 0.190. The van der Waals surface area contributed by atoms with Crippen molar-refractivity contribution in [3.63, 3.8) is 0 Å². The predicted octanol–water partition coefficient (Wildman–Crippen LogP) is -1.11. The second-order valence-electron chi connectivity index (χ2n) is 8.91. The maximum Gasteiger partial charge on any atom is 0.150 e. The number of carbonyl (C=O) groups is 1. The zero-order valence-electron chi connectivity index (χ0n) is 15.6. The minimum atomic E-state index is -1.42. The average molecular weight is 356 g/mol. The average Bonchev–Trinajstić information content (AvgIpc) is 2.55. The summed E-state index contributed by atoms with van der Waals surface area (Å²) in [6.45, 7) is 9.99. The van der Waals surface area contributed by atoms with E-state index in [0.717, 1.165) is 0 Å². The standard InChI is InChI=1S/C18H32N2O5/c1-10(2)17-6-19-8-18(11(3)4,16(17)25)9-20(7-17)15(19)14(24)13(23)12(22)5-21/h10-15,21-24H,5-9H2,1-4H3. The topological polar surface area (TPSA) is 104 Å². The third kappa shape index (κ3) is 2.51. The molecule has 4 aliphatic rings. The highest BCUT2D eigenvalue weighted by Crippen LogP contribution is 2.54. The van der Waals surface area contributed by atoms with E-state index in [-0.39, 0.29) is 11.8 Å². The molecular formula is C18H32N2O5. The molecule has 0 aliphatic carbocycles. The Labute approximate surface area is 149 Å². The van der Waals surface area contributed by atoms with Crippen molar-refractivity contribution in [1.82, 2.24) is 9.80 Å². The van der Waals surface area contributed by atoms with E-state index in [1.807, 2.05) is 0 Å². The Morgan fingerprint density at radius 2 is 1.36 bits per heavy atom. The molecule has 0 spiro atoms. The Morgan fingerprint density at radius 3 is 1.68 bits per heavy atom. The van der Waals surface area contributed by atoms with Crippen molar-refractivity contribution < 1.29 is 25.2 Å². The molecule has 0 radical (unpaired) electrons. The lowest BCUT2D eigenvalue weighted by Gasteiger charge is -2.69. The van der Waals surface area contributed by atoms with E-state index < -0.39 is 41.9 Å². The van der Waals surface area contributed by atoms with E-state index in [9.17, 15) is 20.1 Å². The Bertz CT molecular complexity index is 492. The number of aliphatic hydroxyl groups is 4. The normalized spacial score (nSPS) is 43.8. The maximum atomic E-state index is 13.4. The largest absolute Gasteiger partial charge is 0.394 e. The minimum Gasteiger partial charge on any atom is -0.394 e. The zero-order valence-corrected chi connectivity index (χ0v) is 15.6. The van der Waals surface area contributed by atoms with Gasteiger partial charge in [0.1, 0.15) is 18.3 Å². The zero-order chi connectivity index (χ0) is 18.7. The second kappa shape index (κ2) is 6.25. The van der Waals surface area contributed by atoms with Crippen molar-refractivity contribution in [3.8, 4) is 0 Å². The molecule has 4 fully saturated rings. The number of hydrogen-bond donors (Lipinski definition) is 4. The van der Waals surface area contributed by atoms with Crippen molar-refractivity contribution in [2.24, 2.45) is 22.7 Å². The van der Waals surface area contributed by atoms with Crippen molar-refractivity contribution in [1.29, 1.82) is 0 Å². The van der Waals surface area contributed by atoms with Gasteiger partial charge in [0, 0.05) is 26.2 Å². The highest BCUT2D eigenvalue weighted by atomic mass is 16.4. The van der Waals surface area contributed by atoms with Crippen molar-refractivity contribution in [2.45, 2.75) is 52.2 Å². The van der Waals surface area contributed by atoms with Gasteiger partial charge in [-0.05, 0) is 11.8 Å². The van der Waals surface area contributed by atoms with E-state index in [1.54, 1.807) is 0 Å². The van der Waals surface area contributed by atoms with Gasteiger partial charge in [0.2, 0.25) is 0 Å². The van der Waals surface area contributed by atoms with Gasteiger partial charge in [0.25, 0.3) is 0 Å². The summed E-state index contributed by atoms with van der Waals surface area (Å²) in [6, 6.07) is 0. The molecule has 4 heterocycles. The Hall–Kier alpha value is -0.570. The number of nitrogens with zero attached hydrogens (tertiary/aromatic N) is 2. The molecule has 25 heavy (non-hydrogen) atoms.